The summed E-state index contributed by atoms with van der Waals surface area (Å²) in [6.45, 7) is 4.32. The number of nitrogens with zero attached hydrogens (tertiary/aromatic N) is 4. The van der Waals surface area contributed by atoms with Gasteiger partial charge < -0.3 is 14.5 Å². The molecule has 0 unspecified atom stereocenters. The zero-order valence-electron chi connectivity index (χ0n) is 18.1. The maximum atomic E-state index is 13.5. The van der Waals surface area contributed by atoms with Crippen LogP contribution >= 0.6 is 0 Å². The molecule has 31 heavy (non-hydrogen) atoms. The van der Waals surface area contributed by atoms with Crippen LogP contribution in [0.3, 0.4) is 0 Å². The number of hydrogen-bond donors (Lipinski definition) is 0. The van der Waals surface area contributed by atoms with E-state index in [1.54, 1.807) is 9.58 Å². The molecule has 0 N–H and O–H groups in total. The van der Waals surface area contributed by atoms with Gasteiger partial charge in [-0.15, -0.1) is 0 Å². The molecule has 1 fully saturated rings. The van der Waals surface area contributed by atoms with Crippen LogP contribution in [0.15, 0.2) is 60.7 Å². The Labute approximate surface area is 183 Å². The van der Waals surface area contributed by atoms with Gasteiger partial charge in [0.05, 0.1) is 30.2 Å². The lowest BCUT2D eigenvalue weighted by Crippen LogP contribution is -2.47. The van der Waals surface area contributed by atoms with Gasteiger partial charge in [-0.1, -0.05) is 30.3 Å². The lowest BCUT2D eigenvalue weighted by molar-refractivity contribution is 0.0701. The van der Waals surface area contributed by atoms with Gasteiger partial charge in [0.2, 0.25) is 0 Å². The molecule has 1 aliphatic heterocycles. The lowest BCUT2D eigenvalue weighted by atomic mass is 10.1. The first-order valence-corrected chi connectivity index (χ1v) is 11.1. The third kappa shape index (κ3) is 3.90. The summed E-state index contributed by atoms with van der Waals surface area (Å²) in [5.74, 6) is 1.33. The van der Waals surface area contributed by atoms with Crippen molar-refractivity contribution in [3.63, 3.8) is 0 Å². The predicted octanol–water partition coefficient (Wildman–Crippen LogP) is 4.11. The molecule has 2 aliphatic rings. The predicted molar refractivity (Wildman–Crippen MR) is 121 cm³/mol. The molecule has 1 saturated carbocycles. The molecule has 0 radical (unpaired) electrons. The maximum absolute atomic E-state index is 13.5. The average molecular weight is 417 g/mol. The Kier molecular flexibility index (Phi) is 5.14. The summed E-state index contributed by atoms with van der Waals surface area (Å²) in [6.07, 6.45) is 2.22. The second kappa shape index (κ2) is 8.10. The molecular formula is C25H28N4O2. The fraction of sp³-hybridized carbons (Fsp3) is 0.360. The molecule has 5 rings (SSSR count). The SMILES string of the molecule is CCN1C[C@@H](CN(C)C(=O)c2cc(C3CC3)nn2-c2ccccc2)Oc2ccccc21. The second-order valence-electron chi connectivity index (χ2n) is 8.41. The Morgan fingerprint density at radius 2 is 1.87 bits per heavy atom. The smallest absolute Gasteiger partial charge is 0.272 e. The summed E-state index contributed by atoms with van der Waals surface area (Å²) in [5.41, 5.74) is 3.65. The number of para-hydroxylation sites is 3. The molecule has 1 aromatic heterocycles. The molecule has 0 saturated heterocycles. The minimum absolute atomic E-state index is 0.0336. The first-order valence-electron chi connectivity index (χ1n) is 11.1. The van der Waals surface area contributed by atoms with Gasteiger partial charge in [-0.05, 0) is 50.1 Å². The Bertz CT molecular complexity index is 1070. The molecule has 6 nitrogen and oxygen atoms in total. The van der Waals surface area contributed by atoms with Crippen LogP contribution < -0.4 is 9.64 Å². The molecule has 3 aromatic rings. The maximum Gasteiger partial charge on any atom is 0.272 e. The number of hydrogen-bond acceptors (Lipinski definition) is 4. The van der Waals surface area contributed by atoms with Crippen molar-refractivity contribution in [1.29, 1.82) is 0 Å². The largest absolute Gasteiger partial charge is 0.485 e. The minimum atomic E-state index is -0.0835. The quantitative estimate of drug-likeness (QED) is 0.607. The van der Waals surface area contributed by atoms with E-state index in [1.165, 1.54) is 0 Å². The van der Waals surface area contributed by atoms with Crippen molar-refractivity contribution >= 4 is 11.6 Å². The molecule has 160 valence electrons. The van der Waals surface area contributed by atoms with E-state index in [0.29, 0.717) is 18.2 Å². The number of rotatable bonds is 6. The monoisotopic (exact) mass is 416 g/mol. The number of ether oxygens (including phenoxy) is 1. The molecule has 1 amide bonds. The Balaban J connectivity index is 1.37. The summed E-state index contributed by atoms with van der Waals surface area (Å²) >= 11 is 0. The summed E-state index contributed by atoms with van der Waals surface area (Å²) in [5, 5.41) is 4.78. The number of amides is 1. The van der Waals surface area contributed by atoms with Crippen LogP contribution in [0.1, 0.15) is 41.9 Å². The molecule has 2 heterocycles. The number of fused-ring (bicyclic) bond motifs is 1. The molecule has 6 heteroatoms. The lowest BCUT2D eigenvalue weighted by Gasteiger charge is -2.37. The number of carbonyl (C=O) groups excluding carboxylic acids is 1. The van der Waals surface area contributed by atoms with E-state index < -0.39 is 0 Å². The topological polar surface area (TPSA) is 50.6 Å². The van der Waals surface area contributed by atoms with Crippen LogP contribution in [0.25, 0.3) is 5.69 Å². The van der Waals surface area contributed by atoms with Crippen molar-refractivity contribution in [3.05, 3.63) is 72.1 Å². The normalized spacial score (nSPS) is 17.7. The summed E-state index contributed by atoms with van der Waals surface area (Å²) < 4.78 is 8.02. The highest BCUT2D eigenvalue weighted by atomic mass is 16.5. The van der Waals surface area contributed by atoms with E-state index in [4.69, 9.17) is 9.84 Å². The Hall–Kier alpha value is -3.28. The van der Waals surface area contributed by atoms with Crippen molar-refractivity contribution in [1.82, 2.24) is 14.7 Å². The summed E-state index contributed by atoms with van der Waals surface area (Å²) in [4.78, 5) is 17.5. The van der Waals surface area contributed by atoms with Crippen molar-refractivity contribution in [2.45, 2.75) is 31.8 Å². The van der Waals surface area contributed by atoms with Gasteiger partial charge in [-0.2, -0.15) is 5.10 Å². The van der Waals surface area contributed by atoms with Crippen molar-refractivity contribution in [2.24, 2.45) is 0 Å². The summed E-state index contributed by atoms with van der Waals surface area (Å²) in [7, 11) is 1.85. The third-order valence-electron chi connectivity index (χ3n) is 6.07. The average Bonchev–Trinajstić information content (AvgIpc) is 3.57. The van der Waals surface area contributed by atoms with Gasteiger partial charge in [0.15, 0.2) is 0 Å². The highest BCUT2D eigenvalue weighted by Crippen LogP contribution is 2.40. The molecular weight excluding hydrogens is 388 g/mol. The fourth-order valence-corrected chi connectivity index (χ4v) is 4.25. The first-order chi connectivity index (χ1) is 15.1. The number of benzene rings is 2. The number of aromatic nitrogens is 2. The molecule has 1 aliphatic carbocycles. The van der Waals surface area contributed by atoms with Gasteiger partial charge in [0, 0.05) is 19.5 Å². The van der Waals surface area contributed by atoms with Crippen LogP contribution in [-0.4, -0.2) is 53.4 Å². The molecule has 1 atom stereocenters. The molecule has 0 spiro atoms. The second-order valence-corrected chi connectivity index (χ2v) is 8.41. The highest BCUT2D eigenvalue weighted by Gasteiger charge is 2.31. The molecule has 0 bridgehead atoms. The van der Waals surface area contributed by atoms with E-state index >= 15 is 0 Å². The van der Waals surface area contributed by atoms with Crippen LogP contribution in [0, 0.1) is 0 Å². The first kappa shape index (κ1) is 19.7. The van der Waals surface area contributed by atoms with Crippen LogP contribution in [0.2, 0.25) is 0 Å². The van der Waals surface area contributed by atoms with Crippen LogP contribution in [0.4, 0.5) is 5.69 Å². The summed E-state index contributed by atoms with van der Waals surface area (Å²) in [6, 6.07) is 20.0. The van der Waals surface area contributed by atoms with Gasteiger partial charge in [-0.3, -0.25) is 4.79 Å². The zero-order valence-corrected chi connectivity index (χ0v) is 18.1. The fourth-order valence-electron chi connectivity index (χ4n) is 4.25. The Morgan fingerprint density at radius 3 is 2.61 bits per heavy atom. The minimum Gasteiger partial charge on any atom is -0.485 e. The molecule has 2 aromatic carbocycles. The standard InChI is InChI=1S/C25H28N4O2/c1-3-28-17-20(31-24-12-8-7-11-22(24)28)16-27(2)25(30)23-15-21(18-13-14-18)26-29(23)19-9-5-4-6-10-19/h4-12,15,18,20H,3,13-14,16-17H2,1-2H3/t20-/m1/s1. The van der Waals surface area contributed by atoms with E-state index in [0.717, 1.165) is 48.7 Å². The Morgan fingerprint density at radius 1 is 1.13 bits per heavy atom. The number of likely N-dealkylation sites (N-methyl/N-ethyl adjacent to an activating group) is 2. The van der Waals surface area contributed by atoms with Crippen molar-refractivity contribution < 1.29 is 9.53 Å². The van der Waals surface area contributed by atoms with Gasteiger partial charge in [0.1, 0.15) is 17.5 Å². The van der Waals surface area contributed by atoms with Crippen molar-refractivity contribution in [2.75, 3.05) is 31.6 Å². The van der Waals surface area contributed by atoms with Crippen LogP contribution in [0.5, 0.6) is 5.75 Å². The van der Waals surface area contributed by atoms with E-state index in [1.807, 2.05) is 61.6 Å². The third-order valence-corrected chi connectivity index (χ3v) is 6.07. The highest BCUT2D eigenvalue weighted by molar-refractivity contribution is 5.93. The number of anilines is 1. The van der Waals surface area contributed by atoms with Crippen LogP contribution in [-0.2, 0) is 0 Å². The van der Waals surface area contributed by atoms with E-state index in [-0.39, 0.29) is 12.0 Å². The number of carbonyl (C=O) groups is 1. The van der Waals surface area contributed by atoms with Gasteiger partial charge >= 0.3 is 0 Å². The van der Waals surface area contributed by atoms with Gasteiger partial charge in [-0.25, -0.2) is 4.68 Å². The zero-order chi connectivity index (χ0) is 21.4. The van der Waals surface area contributed by atoms with Crippen molar-refractivity contribution in [3.8, 4) is 11.4 Å². The van der Waals surface area contributed by atoms with Gasteiger partial charge in [0.25, 0.3) is 5.91 Å². The van der Waals surface area contributed by atoms with E-state index in [9.17, 15) is 4.79 Å². The van der Waals surface area contributed by atoms with E-state index in [2.05, 4.69) is 17.9 Å².